The molecule has 6 aromatic rings. The van der Waals surface area contributed by atoms with Crippen molar-refractivity contribution in [3.8, 4) is 0 Å². The van der Waals surface area contributed by atoms with Gasteiger partial charge in [-0.15, -0.1) is 5.10 Å². The molecule has 46 heavy (non-hydrogen) atoms. The summed E-state index contributed by atoms with van der Waals surface area (Å²) < 4.78 is 46.5. The second-order valence-electron chi connectivity index (χ2n) is 10.1. The molecule has 3 aromatic carbocycles. The van der Waals surface area contributed by atoms with Crippen LogP contribution >= 0.6 is 11.6 Å². The Hall–Kier alpha value is -5.83. The van der Waals surface area contributed by atoms with Crippen LogP contribution in [0.5, 0.6) is 0 Å². The number of hydrogen-bond acceptors (Lipinski definition) is 8. The summed E-state index contributed by atoms with van der Waals surface area (Å²) in [6.45, 7) is -1.17. The van der Waals surface area contributed by atoms with E-state index in [0.717, 1.165) is 14.8 Å². The van der Waals surface area contributed by atoms with E-state index in [4.69, 9.17) is 11.6 Å². The minimum atomic E-state index is -1.42. The highest BCUT2D eigenvalue weighted by Crippen LogP contribution is 2.29. The van der Waals surface area contributed by atoms with E-state index in [1.165, 1.54) is 12.3 Å². The van der Waals surface area contributed by atoms with Gasteiger partial charge < -0.3 is 5.32 Å². The molecule has 0 bridgehead atoms. The van der Waals surface area contributed by atoms with Gasteiger partial charge in [0, 0.05) is 36.3 Å². The summed E-state index contributed by atoms with van der Waals surface area (Å²) in [6, 6.07) is 13.1. The molecule has 0 amide bonds. The fraction of sp³-hybridized carbons (Fsp3) is 0.100. The van der Waals surface area contributed by atoms with E-state index in [1.807, 2.05) is 6.07 Å². The largest absolute Gasteiger partial charge is 0.355 e. The normalized spacial score (nSPS) is 11.5. The summed E-state index contributed by atoms with van der Waals surface area (Å²) in [7, 11) is 1.71. The molecule has 1 N–H and O–H groups in total. The van der Waals surface area contributed by atoms with Crippen molar-refractivity contribution in [2.45, 2.75) is 13.1 Å². The number of halogens is 4. The van der Waals surface area contributed by atoms with Crippen LogP contribution in [0.25, 0.3) is 17.0 Å². The van der Waals surface area contributed by atoms with Gasteiger partial charge in [-0.2, -0.15) is 14.8 Å². The van der Waals surface area contributed by atoms with Crippen LogP contribution in [0.15, 0.2) is 82.7 Å². The molecular weight excluding hydrogens is 627 g/mol. The Kier molecular flexibility index (Phi) is 8.06. The fourth-order valence-electron chi connectivity index (χ4n) is 4.66. The zero-order valence-corrected chi connectivity index (χ0v) is 24.5. The molecule has 0 aliphatic rings. The number of aromatic nitrogens is 8. The maximum atomic E-state index is 14.7. The smallest absolute Gasteiger partial charge is 0.324 e. The molecule has 12 nitrogen and oxygen atoms in total. The number of carbonyl (C=O) groups is 1. The van der Waals surface area contributed by atoms with Crippen LogP contribution in [0.3, 0.4) is 0 Å². The van der Waals surface area contributed by atoms with E-state index < -0.39 is 53.4 Å². The van der Waals surface area contributed by atoms with Gasteiger partial charge in [0.1, 0.15) is 5.82 Å². The molecule has 0 unspecified atom stereocenters. The number of benzene rings is 3. The quantitative estimate of drug-likeness (QED) is 0.192. The average Bonchev–Trinajstić information content (AvgIpc) is 3.64. The van der Waals surface area contributed by atoms with Crippen LogP contribution in [0, 0.1) is 17.5 Å². The second kappa shape index (κ2) is 12.3. The van der Waals surface area contributed by atoms with Gasteiger partial charge in [-0.25, -0.2) is 27.3 Å². The number of carbonyl (C=O) groups excluding carboxylic acids is 1. The number of anilines is 2. The fourth-order valence-corrected chi connectivity index (χ4v) is 4.86. The maximum Gasteiger partial charge on any atom is 0.355 e. The molecule has 0 radical (unpaired) electrons. The molecular formula is C30H21ClF3N9O3. The molecule has 0 saturated heterocycles. The Bertz CT molecular complexity index is 2280. The molecule has 0 spiro atoms. The van der Waals surface area contributed by atoms with E-state index >= 15 is 0 Å². The molecule has 3 heterocycles. The van der Waals surface area contributed by atoms with Crippen molar-refractivity contribution in [1.29, 1.82) is 0 Å². The Labute approximate surface area is 261 Å². The summed E-state index contributed by atoms with van der Waals surface area (Å²) in [5.41, 5.74) is -0.878. The standard InChI is InChI=1S/C30H21ClF3N9O3/c1-40-14-19-10-26(21(31)11-25(19)38-40)36-28-37-29(45)42(30(46)41(28)15-18-9-23(33)24(34)12-22(18)32)16-20-13-35-39-43(20)27(44)8-7-17-5-3-2-4-6-17/h2-14H,15-16H2,1H3,(H,36,37,45). The van der Waals surface area contributed by atoms with E-state index in [1.54, 1.807) is 60.4 Å². The van der Waals surface area contributed by atoms with Crippen LogP contribution in [-0.4, -0.2) is 44.8 Å². The minimum absolute atomic E-state index is 0.0556. The topological polar surface area (TPSA) is 135 Å². The summed E-state index contributed by atoms with van der Waals surface area (Å²) in [6.07, 6.45) is 5.70. The van der Waals surface area contributed by atoms with Crippen molar-refractivity contribution in [2.75, 3.05) is 5.32 Å². The molecule has 0 saturated carbocycles. The first-order valence-electron chi connectivity index (χ1n) is 13.5. The van der Waals surface area contributed by atoms with E-state index in [-0.39, 0.29) is 22.4 Å². The number of nitrogens with one attached hydrogen (secondary N) is 1. The van der Waals surface area contributed by atoms with Gasteiger partial charge >= 0.3 is 11.4 Å². The van der Waals surface area contributed by atoms with Gasteiger partial charge in [-0.1, -0.05) is 47.1 Å². The average molecular weight is 648 g/mol. The van der Waals surface area contributed by atoms with E-state index in [0.29, 0.717) is 27.6 Å². The number of allylic oxidation sites excluding steroid dienone is 1. The Balaban J connectivity index is 1.41. The van der Waals surface area contributed by atoms with Gasteiger partial charge in [0.25, 0.3) is 5.91 Å². The van der Waals surface area contributed by atoms with Crippen LogP contribution in [-0.2, 0) is 20.1 Å². The van der Waals surface area contributed by atoms with Crippen LogP contribution in [0.2, 0.25) is 5.02 Å². The third-order valence-electron chi connectivity index (χ3n) is 6.89. The molecule has 6 rings (SSSR count). The zero-order valence-electron chi connectivity index (χ0n) is 23.7. The molecule has 3 aromatic heterocycles. The number of nitrogens with zero attached hydrogens (tertiary/aromatic N) is 8. The van der Waals surface area contributed by atoms with Crippen molar-refractivity contribution in [3.05, 3.63) is 133 Å². The Morgan fingerprint density at radius 2 is 1.74 bits per heavy atom. The van der Waals surface area contributed by atoms with Gasteiger partial charge in [-0.3, -0.25) is 14.0 Å². The van der Waals surface area contributed by atoms with Gasteiger partial charge in [0.2, 0.25) is 5.95 Å². The third-order valence-corrected chi connectivity index (χ3v) is 7.20. The predicted molar refractivity (Wildman–Crippen MR) is 162 cm³/mol. The highest BCUT2D eigenvalue weighted by Gasteiger charge is 2.20. The van der Waals surface area contributed by atoms with Crippen LogP contribution in [0.4, 0.5) is 24.8 Å². The van der Waals surface area contributed by atoms with Crippen molar-refractivity contribution in [2.24, 2.45) is 7.05 Å². The lowest BCUT2D eigenvalue weighted by Crippen LogP contribution is -2.43. The molecule has 0 aliphatic heterocycles. The summed E-state index contributed by atoms with van der Waals surface area (Å²) >= 11 is 6.44. The summed E-state index contributed by atoms with van der Waals surface area (Å²) in [5.74, 6) is -4.88. The van der Waals surface area contributed by atoms with Crippen LogP contribution < -0.4 is 16.7 Å². The summed E-state index contributed by atoms with van der Waals surface area (Å²) in [4.78, 5) is 44.0. The van der Waals surface area contributed by atoms with Gasteiger partial charge in [-0.05, 0) is 29.8 Å². The predicted octanol–water partition coefficient (Wildman–Crippen LogP) is 4.15. The first-order valence-corrected chi connectivity index (χ1v) is 13.9. The van der Waals surface area contributed by atoms with E-state index in [2.05, 4.69) is 25.7 Å². The molecule has 16 heteroatoms. The highest BCUT2D eigenvalue weighted by atomic mass is 35.5. The Morgan fingerprint density at radius 3 is 2.52 bits per heavy atom. The second-order valence-corrected chi connectivity index (χ2v) is 10.5. The molecule has 0 aliphatic carbocycles. The van der Waals surface area contributed by atoms with Crippen molar-refractivity contribution in [1.82, 2.24) is 38.9 Å². The first kappa shape index (κ1) is 30.2. The maximum absolute atomic E-state index is 14.7. The first-order chi connectivity index (χ1) is 22.1. The lowest BCUT2D eigenvalue weighted by Gasteiger charge is -2.17. The lowest BCUT2D eigenvalue weighted by molar-refractivity contribution is 0.0949. The van der Waals surface area contributed by atoms with Gasteiger partial charge in [0.15, 0.2) is 11.6 Å². The highest BCUT2D eigenvalue weighted by molar-refractivity contribution is 6.34. The SMILES string of the molecule is Cn1cc2cc(Nc3nc(=O)n(Cc4cnnn4C(=O)C=Cc4ccccc4)c(=O)n3Cc3cc(F)c(F)cc3F)c(Cl)cc2n1. The van der Waals surface area contributed by atoms with Crippen molar-refractivity contribution < 1.29 is 18.0 Å². The Morgan fingerprint density at radius 1 is 0.978 bits per heavy atom. The summed E-state index contributed by atoms with van der Waals surface area (Å²) in [5, 5.41) is 15.4. The third kappa shape index (κ3) is 6.08. The zero-order chi connectivity index (χ0) is 32.5. The van der Waals surface area contributed by atoms with E-state index in [9.17, 15) is 27.6 Å². The van der Waals surface area contributed by atoms with Crippen molar-refractivity contribution in [3.63, 3.8) is 0 Å². The molecule has 0 atom stereocenters. The number of hydrogen-bond donors (Lipinski definition) is 1. The monoisotopic (exact) mass is 647 g/mol. The van der Waals surface area contributed by atoms with Gasteiger partial charge in [0.05, 0.1) is 41.2 Å². The minimum Gasteiger partial charge on any atom is -0.324 e. The van der Waals surface area contributed by atoms with Crippen LogP contribution in [0.1, 0.15) is 21.6 Å². The molecule has 232 valence electrons. The lowest BCUT2D eigenvalue weighted by atomic mass is 10.2. The van der Waals surface area contributed by atoms with Crippen molar-refractivity contribution >= 4 is 46.1 Å². The number of rotatable bonds is 8. The molecule has 0 fully saturated rings. The number of fused-ring (bicyclic) bond motifs is 1. The number of aryl methyl sites for hydroxylation is 1.